The van der Waals surface area contributed by atoms with Crippen molar-refractivity contribution in [3.8, 4) is 11.4 Å². The van der Waals surface area contributed by atoms with Crippen LogP contribution in [0.1, 0.15) is 39.0 Å². The molecule has 20 heavy (non-hydrogen) atoms. The average molecular weight is 338 g/mol. The molecule has 1 aromatic heterocycles. The zero-order valence-corrected chi connectivity index (χ0v) is 13.6. The van der Waals surface area contributed by atoms with Gasteiger partial charge in [0, 0.05) is 16.1 Å². The van der Waals surface area contributed by atoms with Gasteiger partial charge in [-0.2, -0.15) is 4.98 Å². The summed E-state index contributed by atoms with van der Waals surface area (Å²) in [6.45, 7) is 7.39. The van der Waals surface area contributed by atoms with Crippen molar-refractivity contribution in [1.82, 2.24) is 15.5 Å². The maximum absolute atomic E-state index is 5.42. The molecule has 2 aromatic rings. The summed E-state index contributed by atoms with van der Waals surface area (Å²) in [5, 5.41) is 7.54. The fourth-order valence-electron chi connectivity index (χ4n) is 1.93. The quantitative estimate of drug-likeness (QED) is 0.865. The van der Waals surface area contributed by atoms with Crippen molar-refractivity contribution in [2.45, 2.75) is 39.2 Å². The van der Waals surface area contributed by atoms with E-state index in [4.69, 9.17) is 4.52 Å². The Bertz CT molecular complexity index is 556. The first kappa shape index (κ1) is 15.2. The van der Waals surface area contributed by atoms with Gasteiger partial charge in [-0.3, -0.25) is 0 Å². The molecule has 0 aliphatic heterocycles. The normalized spacial score (nSPS) is 14.2. The van der Waals surface area contributed by atoms with Crippen LogP contribution in [0.25, 0.3) is 11.4 Å². The van der Waals surface area contributed by atoms with E-state index in [1.54, 1.807) is 0 Å². The molecule has 0 saturated heterocycles. The molecule has 2 unspecified atom stereocenters. The van der Waals surface area contributed by atoms with Gasteiger partial charge in [0.2, 0.25) is 11.7 Å². The van der Waals surface area contributed by atoms with Crippen molar-refractivity contribution in [2.75, 3.05) is 6.54 Å². The van der Waals surface area contributed by atoms with Crippen molar-refractivity contribution in [1.29, 1.82) is 0 Å². The van der Waals surface area contributed by atoms with Crippen LogP contribution < -0.4 is 5.32 Å². The summed E-state index contributed by atoms with van der Waals surface area (Å²) in [5.74, 6) is 1.49. The summed E-state index contributed by atoms with van der Waals surface area (Å²) < 4.78 is 6.38. The van der Waals surface area contributed by atoms with Gasteiger partial charge in [0.05, 0.1) is 5.92 Å². The van der Waals surface area contributed by atoms with E-state index in [1.165, 1.54) is 0 Å². The van der Waals surface area contributed by atoms with E-state index in [2.05, 4.69) is 52.2 Å². The highest BCUT2D eigenvalue weighted by Crippen LogP contribution is 2.27. The fourth-order valence-corrected chi connectivity index (χ4v) is 2.40. The summed E-state index contributed by atoms with van der Waals surface area (Å²) >= 11 is 3.51. The molecular formula is C15H20BrN3O. The van der Waals surface area contributed by atoms with E-state index in [-0.39, 0.29) is 5.92 Å². The minimum Gasteiger partial charge on any atom is -0.339 e. The van der Waals surface area contributed by atoms with Gasteiger partial charge in [-0.15, -0.1) is 0 Å². The Balaban J connectivity index is 2.15. The Morgan fingerprint density at radius 3 is 2.75 bits per heavy atom. The highest BCUT2D eigenvalue weighted by Gasteiger charge is 2.21. The molecule has 0 aliphatic rings. The topological polar surface area (TPSA) is 51.0 Å². The minimum atomic E-state index is 0.185. The van der Waals surface area contributed by atoms with Gasteiger partial charge >= 0.3 is 0 Å². The van der Waals surface area contributed by atoms with E-state index < -0.39 is 0 Å². The molecule has 1 heterocycles. The Hall–Kier alpha value is -1.20. The van der Waals surface area contributed by atoms with E-state index in [1.807, 2.05) is 24.3 Å². The van der Waals surface area contributed by atoms with E-state index in [9.17, 15) is 0 Å². The zero-order valence-electron chi connectivity index (χ0n) is 12.1. The molecule has 1 N–H and O–H groups in total. The average Bonchev–Trinajstić information content (AvgIpc) is 2.94. The summed E-state index contributed by atoms with van der Waals surface area (Å²) in [7, 11) is 0. The monoisotopic (exact) mass is 337 g/mol. The Morgan fingerprint density at radius 2 is 2.05 bits per heavy atom. The smallest absolute Gasteiger partial charge is 0.231 e. The minimum absolute atomic E-state index is 0.185. The molecule has 0 fully saturated rings. The lowest BCUT2D eigenvalue weighted by Gasteiger charge is -2.17. The van der Waals surface area contributed by atoms with Crippen LogP contribution >= 0.6 is 15.9 Å². The molecule has 0 amide bonds. The maximum atomic E-state index is 5.42. The summed E-state index contributed by atoms with van der Waals surface area (Å²) in [6, 6.07) is 8.18. The number of hydrogen-bond acceptors (Lipinski definition) is 4. The third-order valence-corrected chi connectivity index (χ3v) is 4.10. The zero-order chi connectivity index (χ0) is 14.5. The number of rotatable bonds is 6. The summed E-state index contributed by atoms with van der Waals surface area (Å²) in [6.07, 6.45) is 1.11. The van der Waals surface area contributed by atoms with Gasteiger partial charge in [-0.05, 0) is 32.0 Å². The molecule has 4 nitrogen and oxygen atoms in total. The molecule has 5 heteroatoms. The standard InChI is InChI=1S/C15H20BrN3O/c1-4-9-17-11(3)10(2)15-18-14(19-20-15)12-7-5-6-8-13(12)16/h5-8,10-11,17H,4,9H2,1-3H3. The number of hydrogen-bond donors (Lipinski definition) is 1. The second-order valence-corrected chi connectivity index (χ2v) is 5.82. The van der Waals surface area contributed by atoms with Crippen LogP contribution in [0.4, 0.5) is 0 Å². The third kappa shape index (κ3) is 3.46. The highest BCUT2D eigenvalue weighted by molar-refractivity contribution is 9.10. The highest BCUT2D eigenvalue weighted by atomic mass is 79.9. The number of halogens is 1. The van der Waals surface area contributed by atoms with Gasteiger partial charge in [0.1, 0.15) is 0 Å². The van der Waals surface area contributed by atoms with Gasteiger partial charge < -0.3 is 9.84 Å². The van der Waals surface area contributed by atoms with Crippen LogP contribution in [0.5, 0.6) is 0 Å². The lowest BCUT2D eigenvalue weighted by atomic mass is 10.0. The van der Waals surface area contributed by atoms with Crippen LogP contribution in [-0.4, -0.2) is 22.7 Å². The first-order valence-corrected chi connectivity index (χ1v) is 7.74. The van der Waals surface area contributed by atoms with Crippen molar-refractivity contribution < 1.29 is 4.52 Å². The molecule has 2 atom stereocenters. The van der Waals surface area contributed by atoms with Crippen LogP contribution in [0.15, 0.2) is 33.3 Å². The lowest BCUT2D eigenvalue weighted by Crippen LogP contribution is -2.31. The van der Waals surface area contributed by atoms with Gasteiger partial charge in [-0.1, -0.05) is 47.1 Å². The molecule has 0 spiro atoms. The predicted octanol–water partition coefficient (Wildman–Crippen LogP) is 3.99. The number of benzene rings is 1. The largest absolute Gasteiger partial charge is 0.339 e. The van der Waals surface area contributed by atoms with Crippen molar-refractivity contribution >= 4 is 15.9 Å². The Kier molecular flexibility index (Phi) is 5.31. The SMILES string of the molecule is CCCNC(C)C(C)c1nc(-c2ccccc2Br)no1. The molecule has 0 saturated carbocycles. The molecule has 1 aromatic carbocycles. The molecule has 0 radical (unpaired) electrons. The van der Waals surface area contributed by atoms with E-state index >= 15 is 0 Å². The van der Waals surface area contributed by atoms with Crippen LogP contribution in [0, 0.1) is 0 Å². The van der Waals surface area contributed by atoms with Crippen LogP contribution in [0.3, 0.4) is 0 Å². The third-order valence-electron chi connectivity index (χ3n) is 3.41. The predicted molar refractivity (Wildman–Crippen MR) is 83.6 cm³/mol. The molecular weight excluding hydrogens is 318 g/mol. The number of nitrogens with zero attached hydrogens (tertiary/aromatic N) is 2. The van der Waals surface area contributed by atoms with Gasteiger partial charge in [-0.25, -0.2) is 0 Å². The number of aromatic nitrogens is 2. The van der Waals surface area contributed by atoms with Crippen LogP contribution in [0.2, 0.25) is 0 Å². The molecule has 0 aliphatic carbocycles. The molecule has 2 rings (SSSR count). The Labute approximate surface area is 128 Å². The molecule has 108 valence electrons. The van der Waals surface area contributed by atoms with E-state index in [0.29, 0.717) is 17.8 Å². The number of nitrogens with one attached hydrogen (secondary N) is 1. The van der Waals surface area contributed by atoms with E-state index in [0.717, 1.165) is 23.0 Å². The van der Waals surface area contributed by atoms with Gasteiger partial charge in [0.15, 0.2) is 0 Å². The lowest BCUT2D eigenvalue weighted by molar-refractivity contribution is 0.331. The Morgan fingerprint density at radius 1 is 1.30 bits per heavy atom. The van der Waals surface area contributed by atoms with Crippen molar-refractivity contribution in [3.05, 3.63) is 34.6 Å². The van der Waals surface area contributed by atoms with Gasteiger partial charge in [0.25, 0.3) is 0 Å². The summed E-state index contributed by atoms with van der Waals surface area (Å²) in [4.78, 5) is 4.52. The molecule has 0 bridgehead atoms. The fraction of sp³-hybridized carbons (Fsp3) is 0.467. The maximum Gasteiger partial charge on any atom is 0.231 e. The van der Waals surface area contributed by atoms with Crippen LogP contribution in [-0.2, 0) is 0 Å². The first-order chi connectivity index (χ1) is 9.63. The second kappa shape index (κ2) is 6.99. The van der Waals surface area contributed by atoms with Crippen molar-refractivity contribution in [3.63, 3.8) is 0 Å². The second-order valence-electron chi connectivity index (χ2n) is 4.97. The summed E-state index contributed by atoms with van der Waals surface area (Å²) in [5.41, 5.74) is 0.948. The first-order valence-electron chi connectivity index (χ1n) is 6.95. The van der Waals surface area contributed by atoms with Crippen molar-refractivity contribution in [2.24, 2.45) is 0 Å².